The maximum atomic E-state index is 12.1. The van der Waals surface area contributed by atoms with Crippen molar-refractivity contribution < 1.29 is 44.9 Å². The highest BCUT2D eigenvalue weighted by Crippen LogP contribution is 2.37. The first kappa shape index (κ1) is 16.9. The maximum Gasteiger partial charge on any atom is 0.573 e. The summed E-state index contributed by atoms with van der Waals surface area (Å²) in [7, 11) is -9.62. The highest BCUT2D eigenvalue weighted by Gasteiger charge is 2.34. The summed E-state index contributed by atoms with van der Waals surface area (Å²) < 4.78 is 77.5. The molecule has 0 unspecified atom stereocenters. The molecule has 20 heavy (non-hydrogen) atoms. The first-order chi connectivity index (χ1) is 8.91. The lowest BCUT2D eigenvalue weighted by molar-refractivity contribution is -0.275. The second kappa shape index (κ2) is 5.70. The molecule has 0 aromatic heterocycles. The van der Waals surface area contributed by atoms with Crippen LogP contribution in [0.2, 0.25) is 0 Å². The molecule has 0 amide bonds. The van der Waals surface area contributed by atoms with Crippen molar-refractivity contribution >= 4 is 17.7 Å². The first-order valence-corrected chi connectivity index (χ1v) is 7.90. The Balaban J connectivity index is 3.09. The summed E-state index contributed by atoms with van der Waals surface area (Å²) in [4.78, 5) is 16.0. The number of hydrogen-bond donors (Lipinski definition) is 2. The third-order valence-electron chi connectivity index (χ3n) is 1.72. The number of rotatable bonds is 5. The minimum Gasteiger partial charge on any atom is -0.404 e. The molecular formula is C8H8F3O7PS. The van der Waals surface area contributed by atoms with Gasteiger partial charge in [-0.25, -0.2) is 0 Å². The van der Waals surface area contributed by atoms with Crippen molar-refractivity contribution in [2.75, 3.05) is 6.35 Å². The van der Waals surface area contributed by atoms with Gasteiger partial charge in [0.05, 0.1) is 0 Å². The summed E-state index contributed by atoms with van der Waals surface area (Å²) in [6, 6.07) is 3.65. The zero-order chi connectivity index (χ0) is 15.6. The monoisotopic (exact) mass is 336 g/mol. The zero-order valence-electron chi connectivity index (χ0n) is 9.44. The van der Waals surface area contributed by atoms with Gasteiger partial charge in [-0.2, -0.15) is 8.42 Å². The average Bonchev–Trinajstić information content (AvgIpc) is 2.24. The third kappa shape index (κ3) is 5.47. The van der Waals surface area contributed by atoms with Gasteiger partial charge in [0.1, 0.15) is 4.90 Å². The molecule has 0 saturated heterocycles. The fourth-order valence-electron chi connectivity index (χ4n) is 1.07. The fraction of sp³-hybridized carbons (Fsp3) is 0.250. The second-order valence-electron chi connectivity index (χ2n) is 3.36. The lowest BCUT2D eigenvalue weighted by atomic mass is 10.3. The minimum absolute atomic E-state index is 0.723. The SMILES string of the molecule is O=P(O)(O)COS(=O)(=O)c1ccccc1OC(F)(F)F. The third-order valence-corrected chi connectivity index (χ3v) is 3.66. The van der Waals surface area contributed by atoms with Gasteiger partial charge in [-0.1, -0.05) is 12.1 Å². The molecule has 0 atom stereocenters. The van der Waals surface area contributed by atoms with E-state index in [1.807, 2.05) is 0 Å². The number of halogens is 3. The summed E-state index contributed by atoms with van der Waals surface area (Å²) in [5.41, 5.74) is 0. The Morgan fingerprint density at radius 3 is 2.25 bits per heavy atom. The molecule has 1 rings (SSSR count). The maximum absolute atomic E-state index is 12.1. The zero-order valence-corrected chi connectivity index (χ0v) is 11.2. The van der Waals surface area contributed by atoms with Crippen molar-refractivity contribution in [3.8, 4) is 5.75 Å². The lowest BCUT2D eigenvalue weighted by Gasteiger charge is -2.13. The Morgan fingerprint density at radius 1 is 1.20 bits per heavy atom. The largest absolute Gasteiger partial charge is 0.573 e. The summed E-state index contributed by atoms with van der Waals surface area (Å²) in [5.74, 6) is -1.06. The van der Waals surface area contributed by atoms with Crippen molar-refractivity contribution in [3.05, 3.63) is 24.3 Å². The van der Waals surface area contributed by atoms with Crippen LogP contribution in [0.15, 0.2) is 29.2 Å². The smallest absolute Gasteiger partial charge is 0.404 e. The topological polar surface area (TPSA) is 110 Å². The molecule has 0 heterocycles. The van der Waals surface area contributed by atoms with Gasteiger partial charge in [-0.3, -0.25) is 8.75 Å². The normalized spacial score (nSPS) is 13.2. The van der Waals surface area contributed by atoms with Crippen LogP contribution in [0.1, 0.15) is 0 Å². The number of alkyl halides is 3. The fourth-order valence-corrected chi connectivity index (χ4v) is 2.90. The minimum atomic E-state index is -5.13. The van der Waals surface area contributed by atoms with Gasteiger partial charge in [-0.15, -0.1) is 13.2 Å². The average molecular weight is 336 g/mol. The van der Waals surface area contributed by atoms with E-state index in [-0.39, 0.29) is 0 Å². The van der Waals surface area contributed by atoms with Gasteiger partial charge in [0, 0.05) is 0 Å². The predicted octanol–water partition coefficient (Wildman–Crippen LogP) is 1.43. The molecule has 0 aliphatic heterocycles. The molecule has 2 N–H and O–H groups in total. The molecule has 7 nitrogen and oxygen atoms in total. The molecule has 0 spiro atoms. The van der Waals surface area contributed by atoms with Crippen LogP contribution in [0.5, 0.6) is 5.75 Å². The van der Waals surface area contributed by atoms with Gasteiger partial charge in [-0.05, 0) is 12.1 Å². The van der Waals surface area contributed by atoms with E-state index in [4.69, 9.17) is 9.79 Å². The number of hydrogen-bond acceptors (Lipinski definition) is 5. The van der Waals surface area contributed by atoms with Gasteiger partial charge in [0.15, 0.2) is 12.1 Å². The standard InChI is InChI=1S/C8H8F3O7PS/c9-8(10,11)18-6-3-1-2-4-7(6)20(15,16)17-5-19(12,13)14/h1-4H,5H2,(H2,12,13,14). The molecule has 0 bridgehead atoms. The van der Waals surface area contributed by atoms with Crippen LogP contribution in [0.25, 0.3) is 0 Å². The van der Waals surface area contributed by atoms with Crippen molar-refractivity contribution in [3.63, 3.8) is 0 Å². The Kier molecular flexibility index (Phi) is 4.82. The van der Waals surface area contributed by atoms with Crippen LogP contribution >= 0.6 is 7.60 Å². The van der Waals surface area contributed by atoms with E-state index >= 15 is 0 Å². The number of para-hydroxylation sites is 1. The van der Waals surface area contributed by atoms with Gasteiger partial charge in [0.25, 0.3) is 0 Å². The highest BCUT2D eigenvalue weighted by molar-refractivity contribution is 7.87. The number of benzene rings is 1. The van der Waals surface area contributed by atoms with Crippen LogP contribution in [-0.4, -0.2) is 30.9 Å². The summed E-state index contributed by atoms with van der Waals surface area (Å²) in [5, 5.41) is 0. The van der Waals surface area contributed by atoms with Crippen molar-refractivity contribution in [1.82, 2.24) is 0 Å². The second-order valence-corrected chi connectivity index (χ2v) is 6.53. The summed E-state index contributed by atoms with van der Waals surface area (Å²) >= 11 is 0. The molecule has 0 fully saturated rings. The van der Waals surface area contributed by atoms with E-state index in [1.165, 1.54) is 0 Å². The summed E-state index contributed by atoms with van der Waals surface area (Å²) in [6.45, 7) is 0. The molecule has 12 heteroatoms. The lowest BCUT2D eigenvalue weighted by Crippen LogP contribution is -2.19. The first-order valence-electron chi connectivity index (χ1n) is 4.69. The molecule has 0 radical (unpaired) electrons. The molecule has 1 aromatic carbocycles. The molecule has 0 saturated carbocycles. The molecule has 0 aliphatic rings. The van der Waals surface area contributed by atoms with Crippen LogP contribution in [-0.2, 0) is 18.9 Å². The number of ether oxygens (including phenoxy) is 1. The van der Waals surface area contributed by atoms with E-state index in [0.29, 0.717) is 0 Å². The van der Waals surface area contributed by atoms with E-state index in [0.717, 1.165) is 24.3 Å². The van der Waals surface area contributed by atoms with Crippen LogP contribution in [0.3, 0.4) is 0 Å². The predicted molar refractivity (Wildman–Crippen MR) is 58.3 cm³/mol. The van der Waals surface area contributed by atoms with Crippen molar-refractivity contribution in [2.45, 2.75) is 11.3 Å². The Morgan fingerprint density at radius 2 is 1.75 bits per heavy atom. The van der Waals surface area contributed by atoms with E-state index in [1.54, 1.807) is 0 Å². The van der Waals surface area contributed by atoms with E-state index in [2.05, 4.69) is 8.92 Å². The molecule has 0 aliphatic carbocycles. The van der Waals surface area contributed by atoms with Gasteiger partial charge < -0.3 is 14.5 Å². The van der Waals surface area contributed by atoms with E-state index < -0.39 is 41.1 Å². The van der Waals surface area contributed by atoms with Crippen molar-refractivity contribution in [2.24, 2.45) is 0 Å². The van der Waals surface area contributed by atoms with Gasteiger partial charge >= 0.3 is 24.1 Å². The van der Waals surface area contributed by atoms with Gasteiger partial charge in [0.2, 0.25) is 0 Å². The Hall–Kier alpha value is -1.13. The van der Waals surface area contributed by atoms with Crippen LogP contribution in [0.4, 0.5) is 13.2 Å². The van der Waals surface area contributed by atoms with Crippen LogP contribution in [0, 0.1) is 0 Å². The summed E-state index contributed by atoms with van der Waals surface area (Å²) in [6.07, 6.45) is -6.62. The molecule has 1 aromatic rings. The molecule has 114 valence electrons. The van der Waals surface area contributed by atoms with Crippen LogP contribution < -0.4 is 4.74 Å². The Bertz CT molecular complexity index is 621. The highest BCUT2D eigenvalue weighted by atomic mass is 32.2. The van der Waals surface area contributed by atoms with Crippen molar-refractivity contribution in [1.29, 1.82) is 0 Å². The quantitative estimate of drug-likeness (QED) is 0.618. The Labute approximate surface area is 111 Å². The van der Waals surface area contributed by atoms with E-state index in [9.17, 15) is 26.2 Å². The molecular weight excluding hydrogens is 328 g/mol.